The monoisotopic (exact) mass is 467 g/mol. The van der Waals surface area contributed by atoms with E-state index in [9.17, 15) is 17.6 Å². The summed E-state index contributed by atoms with van der Waals surface area (Å²) >= 11 is 12.0. The third-order valence-electron chi connectivity index (χ3n) is 4.22. The molecular formula is C20H16Cl2FN3O3S. The number of nitrogens with one attached hydrogen (secondary N) is 2. The summed E-state index contributed by atoms with van der Waals surface area (Å²) in [4.78, 5) is 12.5. The Morgan fingerprint density at radius 1 is 1.03 bits per heavy atom. The maximum absolute atomic E-state index is 13.8. The quantitative estimate of drug-likeness (QED) is 0.455. The molecule has 0 unspecified atom stereocenters. The first-order valence-electron chi connectivity index (χ1n) is 8.52. The molecule has 0 atom stereocenters. The average molecular weight is 468 g/mol. The Kier molecular flexibility index (Phi) is 6.21. The number of halogens is 3. The third kappa shape index (κ3) is 4.67. The summed E-state index contributed by atoms with van der Waals surface area (Å²) < 4.78 is 41.3. The number of carbonyl (C=O) groups excluding carboxylic acids is 1. The molecule has 0 spiro atoms. The number of carbonyl (C=O) groups is 1. The lowest BCUT2D eigenvalue weighted by atomic mass is 10.1. The molecular weight excluding hydrogens is 452 g/mol. The maximum atomic E-state index is 13.8. The second-order valence-electron chi connectivity index (χ2n) is 6.37. The van der Waals surface area contributed by atoms with Gasteiger partial charge in [-0.05, 0) is 48.9 Å². The SMILES string of the molecule is Cc1ccc(S(=O)(=O)Nc2ccccc2F)cc1C(=O)Nc1cc(Cl)c(N)c(Cl)c1. The van der Waals surface area contributed by atoms with Crippen LogP contribution in [0, 0.1) is 12.7 Å². The molecule has 0 radical (unpaired) electrons. The Morgan fingerprint density at radius 2 is 1.67 bits per heavy atom. The largest absolute Gasteiger partial charge is 0.396 e. The second kappa shape index (κ2) is 8.51. The summed E-state index contributed by atoms with van der Waals surface area (Å²) in [6, 6.07) is 12.2. The number of amides is 1. The van der Waals surface area contributed by atoms with Crippen LogP contribution >= 0.6 is 23.2 Å². The molecule has 10 heteroatoms. The van der Waals surface area contributed by atoms with Crippen LogP contribution in [0.5, 0.6) is 0 Å². The third-order valence-corrected chi connectivity index (χ3v) is 6.21. The van der Waals surface area contributed by atoms with Gasteiger partial charge in [-0.25, -0.2) is 12.8 Å². The Labute approximate surface area is 182 Å². The normalized spacial score (nSPS) is 11.2. The fraction of sp³-hybridized carbons (Fsp3) is 0.0500. The Hall–Kier alpha value is -2.81. The van der Waals surface area contributed by atoms with E-state index in [2.05, 4.69) is 10.0 Å². The van der Waals surface area contributed by atoms with Crippen molar-refractivity contribution in [2.45, 2.75) is 11.8 Å². The number of benzene rings is 3. The van der Waals surface area contributed by atoms with Gasteiger partial charge < -0.3 is 11.1 Å². The molecule has 0 aliphatic heterocycles. The standard InChI is InChI=1S/C20H16Cl2FN3O3S/c1-11-6-7-13(30(28,29)26-18-5-3-2-4-17(18)23)10-14(11)20(27)25-12-8-15(21)19(24)16(22)9-12/h2-10,26H,24H2,1H3,(H,25,27). The number of sulfonamides is 1. The maximum Gasteiger partial charge on any atom is 0.262 e. The van der Waals surface area contributed by atoms with E-state index in [1.807, 2.05) is 0 Å². The van der Waals surface area contributed by atoms with E-state index in [1.54, 1.807) is 6.92 Å². The fourth-order valence-electron chi connectivity index (χ4n) is 2.62. The highest BCUT2D eigenvalue weighted by Crippen LogP contribution is 2.31. The van der Waals surface area contributed by atoms with Gasteiger partial charge in [0.1, 0.15) is 5.82 Å². The van der Waals surface area contributed by atoms with Gasteiger partial charge in [0.25, 0.3) is 15.9 Å². The van der Waals surface area contributed by atoms with Gasteiger partial charge in [0.2, 0.25) is 0 Å². The first-order valence-corrected chi connectivity index (χ1v) is 10.8. The van der Waals surface area contributed by atoms with E-state index in [0.717, 1.165) is 6.07 Å². The molecule has 3 aromatic carbocycles. The molecule has 3 rings (SSSR count). The van der Waals surface area contributed by atoms with Crippen LogP contribution in [-0.4, -0.2) is 14.3 Å². The van der Waals surface area contributed by atoms with Crippen molar-refractivity contribution in [1.29, 1.82) is 0 Å². The van der Waals surface area contributed by atoms with Gasteiger partial charge in [-0.3, -0.25) is 9.52 Å². The highest BCUT2D eigenvalue weighted by atomic mass is 35.5. The van der Waals surface area contributed by atoms with Crippen molar-refractivity contribution in [3.05, 3.63) is 81.6 Å². The Balaban J connectivity index is 1.91. The lowest BCUT2D eigenvalue weighted by Crippen LogP contribution is -2.17. The highest BCUT2D eigenvalue weighted by Gasteiger charge is 2.20. The zero-order valence-electron chi connectivity index (χ0n) is 15.5. The number of nitrogen functional groups attached to an aromatic ring is 1. The molecule has 1 amide bonds. The predicted octanol–water partition coefficient (Wildman–Crippen LogP) is 5.08. The molecule has 30 heavy (non-hydrogen) atoms. The first kappa shape index (κ1) is 21.9. The summed E-state index contributed by atoms with van der Waals surface area (Å²) in [5, 5.41) is 2.94. The predicted molar refractivity (Wildman–Crippen MR) is 117 cm³/mol. The second-order valence-corrected chi connectivity index (χ2v) is 8.87. The molecule has 156 valence electrons. The summed E-state index contributed by atoms with van der Waals surface area (Å²) in [6.07, 6.45) is 0. The number of aryl methyl sites for hydroxylation is 1. The van der Waals surface area contributed by atoms with E-state index in [-0.39, 0.29) is 31.9 Å². The summed E-state index contributed by atoms with van der Waals surface area (Å²) in [7, 11) is -4.13. The lowest BCUT2D eigenvalue weighted by molar-refractivity contribution is 0.102. The van der Waals surface area contributed by atoms with Crippen LogP contribution in [0.3, 0.4) is 0 Å². The average Bonchev–Trinajstić information content (AvgIpc) is 2.67. The van der Waals surface area contributed by atoms with Crippen molar-refractivity contribution in [2.24, 2.45) is 0 Å². The van der Waals surface area contributed by atoms with Crippen LogP contribution in [-0.2, 0) is 10.0 Å². The fourth-order valence-corrected chi connectivity index (χ4v) is 4.20. The van der Waals surface area contributed by atoms with Crippen molar-refractivity contribution >= 4 is 56.2 Å². The van der Waals surface area contributed by atoms with Crippen molar-refractivity contribution in [2.75, 3.05) is 15.8 Å². The number of rotatable bonds is 5. The lowest BCUT2D eigenvalue weighted by Gasteiger charge is -2.13. The number of nitrogens with two attached hydrogens (primary N) is 1. The molecule has 0 aliphatic rings. The van der Waals surface area contributed by atoms with Crippen LogP contribution in [0.25, 0.3) is 0 Å². The van der Waals surface area contributed by atoms with Gasteiger partial charge >= 0.3 is 0 Å². The molecule has 6 nitrogen and oxygen atoms in total. The molecule has 0 bridgehead atoms. The summed E-state index contributed by atoms with van der Waals surface area (Å²) in [5.41, 5.74) is 6.60. The number of anilines is 3. The summed E-state index contributed by atoms with van der Waals surface area (Å²) in [5.74, 6) is -1.30. The zero-order valence-corrected chi connectivity index (χ0v) is 17.9. The minimum atomic E-state index is -4.13. The van der Waals surface area contributed by atoms with Crippen LogP contribution < -0.4 is 15.8 Å². The van der Waals surface area contributed by atoms with Gasteiger partial charge in [-0.2, -0.15) is 0 Å². The number of hydrogen-bond acceptors (Lipinski definition) is 4. The smallest absolute Gasteiger partial charge is 0.262 e. The van der Waals surface area contributed by atoms with E-state index in [1.165, 1.54) is 48.5 Å². The van der Waals surface area contributed by atoms with Crippen molar-refractivity contribution in [3.63, 3.8) is 0 Å². The zero-order chi connectivity index (χ0) is 22.1. The first-order chi connectivity index (χ1) is 14.1. The van der Waals surface area contributed by atoms with Gasteiger partial charge in [-0.1, -0.05) is 41.4 Å². The molecule has 0 aliphatic carbocycles. The topological polar surface area (TPSA) is 101 Å². The van der Waals surface area contributed by atoms with E-state index >= 15 is 0 Å². The molecule has 0 fully saturated rings. The Morgan fingerprint density at radius 3 is 2.30 bits per heavy atom. The van der Waals surface area contributed by atoms with Gasteiger partial charge in [0.05, 0.1) is 26.3 Å². The van der Waals surface area contributed by atoms with Gasteiger partial charge in [0, 0.05) is 11.3 Å². The minimum absolute atomic E-state index is 0.107. The number of hydrogen-bond donors (Lipinski definition) is 3. The van der Waals surface area contributed by atoms with Crippen LogP contribution in [0.4, 0.5) is 21.5 Å². The van der Waals surface area contributed by atoms with Crippen molar-refractivity contribution < 1.29 is 17.6 Å². The summed E-state index contributed by atoms with van der Waals surface area (Å²) in [6.45, 7) is 1.65. The van der Waals surface area contributed by atoms with Crippen LogP contribution in [0.2, 0.25) is 10.0 Å². The minimum Gasteiger partial charge on any atom is -0.396 e. The van der Waals surface area contributed by atoms with E-state index < -0.39 is 21.7 Å². The van der Waals surface area contributed by atoms with Crippen LogP contribution in [0.1, 0.15) is 15.9 Å². The molecule has 0 heterocycles. The van der Waals surface area contributed by atoms with E-state index in [4.69, 9.17) is 28.9 Å². The molecule has 0 aromatic heterocycles. The number of para-hydroxylation sites is 1. The van der Waals surface area contributed by atoms with Crippen molar-refractivity contribution in [3.8, 4) is 0 Å². The highest BCUT2D eigenvalue weighted by molar-refractivity contribution is 7.92. The molecule has 0 saturated heterocycles. The van der Waals surface area contributed by atoms with Gasteiger partial charge in [-0.15, -0.1) is 0 Å². The van der Waals surface area contributed by atoms with Crippen LogP contribution in [0.15, 0.2) is 59.5 Å². The van der Waals surface area contributed by atoms with Crippen molar-refractivity contribution in [1.82, 2.24) is 0 Å². The Bertz CT molecular complexity index is 1230. The van der Waals surface area contributed by atoms with Gasteiger partial charge in [0.15, 0.2) is 0 Å². The molecule has 0 saturated carbocycles. The molecule has 4 N–H and O–H groups in total. The van der Waals surface area contributed by atoms with E-state index in [0.29, 0.717) is 11.3 Å². The molecule has 3 aromatic rings.